The zero-order chi connectivity index (χ0) is 26.2. The number of aliphatic hydroxyl groups excluding tert-OH is 1. The number of aliphatic hydroxyl groups is 1. The number of carboxylic acids is 1. The van der Waals surface area contributed by atoms with Crippen molar-refractivity contribution in [1.29, 1.82) is 0 Å². The number of rotatable bonds is 11. The van der Waals surface area contributed by atoms with Gasteiger partial charge < -0.3 is 29.6 Å². The van der Waals surface area contributed by atoms with E-state index in [1.54, 1.807) is 18.0 Å². The summed E-state index contributed by atoms with van der Waals surface area (Å²) in [4.78, 5) is 26.8. The van der Waals surface area contributed by atoms with E-state index in [-0.39, 0.29) is 37.6 Å². The monoisotopic (exact) mass is 525 g/mol. The molecule has 37 heavy (non-hydrogen) atoms. The molecule has 9 nitrogen and oxygen atoms in total. The summed E-state index contributed by atoms with van der Waals surface area (Å²) in [6.07, 6.45) is 3.33. The molecule has 3 atom stereocenters. The van der Waals surface area contributed by atoms with Gasteiger partial charge in [-0.3, -0.25) is 9.59 Å². The van der Waals surface area contributed by atoms with E-state index in [4.69, 9.17) is 14.6 Å². The maximum Gasteiger partial charge on any atom is 0.303 e. The first-order valence-corrected chi connectivity index (χ1v) is 13.1. The average Bonchev–Trinajstić information content (AvgIpc) is 3.34. The molecule has 1 aliphatic rings. The van der Waals surface area contributed by atoms with Crippen LogP contribution in [-0.2, 0) is 39.3 Å². The molecular formula is C27H31N3O6S. The number of ether oxygens (including phenoxy) is 2. The fraction of sp³-hybridized carbons (Fsp3) is 0.370. The number of nitrogens with zero attached hydrogens (tertiary/aromatic N) is 2. The van der Waals surface area contributed by atoms with Crippen LogP contribution >= 0.6 is 11.8 Å². The van der Waals surface area contributed by atoms with Crippen LogP contribution in [0, 0.1) is 0 Å². The molecule has 3 aromatic rings. The Bertz CT molecular complexity index is 1180. The van der Waals surface area contributed by atoms with Crippen LogP contribution in [0.2, 0.25) is 0 Å². The van der Waals surface area contributed by atoms with Crippen LogP contribution in [0.1, 0.15) is 53.9 Å². The molecule has 1 aliphatic heterocycles. The molecule has 3 N–H and O–H groups in total. The van der Waals surface area contributed by atoms with Crippen LogP contribution in [0.4, 0.5) is 0 Å². The summed E-state index contributed by atoms with van der Waals surface area (Å²) in [5.41, 5.74) is 3.63. The minimum absolute atomic E-state index is 0.00711. The van der Waals surface area contributed by atoms with E-state index in [1.165, 1.54) is 0 Å². The van der Waals surface area contributed by atoms with Gasteiger partial charge in [-0.15, -0.1) is 0 Å². The zero-order valence-electron chi connectivity index (χ0n) is 20.6. The smallest absolute Gasteiger partial charge is 0.303 e. The molecule has 1 saturated heterocycles. The minimum atomic E-state index is -0.994. The van der Waals surface area contributed by atoms with Crippen molar-refractivity contribution in [2.75, 3.05) is 5.75 Å². The van der Waals surface area contributed by atoms with Crippen molar-refractivity contribution in [2.24, 2.45) is 7.05 Å². The van der Waals surface area contributed by atoms with Gasteiger partial charge in [-0.25, -0.2) is 4.98 Å². The molecule has 0 radical (unpaired) electrons. The number of imidazole rings is 1. The Kier molecular flexibility index (Phi) is 9.34. The lowest BCUT2D eigenvalue weighted by Crippen LogP contribution is -2.31. The number of thioether (sulfide) groups is 1. The van der Waals surface area contributed by atoms with Crippen LogP contribution in [-0.4, -0.2) is 43.5 Å². The van der Waals surface area contributed by atoms with Crippen molar-refractivity contribution in [2.45, 2.75) is 56.1 Å². The number of carbonyl (C=O) groups excluding carboxylic acids is 1. The first-order valence-electron chi connectivity index (χ1n) is 12.1. The molecule has 196 valence electrons. The van der Waals surface area contributed by atoms with Crippen molar-refractivity contribution in [3.05, 3.63) is 83.2 Å². The molecule has 0 spiro atoms. The van der Waals surface area contributed by atoms with Crippen LogP contribution in [0.15, 0.2) is 66.1 Å². The summed E-state index contributed by atoms with van der Waals surface area (Å²) >= 11 is 1.64. The van der Waals surface area contributed by atoms with Gasteiger partial charge in [-0.1, -0.05) is 60.3 Å². The number of hydrogen-bond acceptors (Lipinski definition) is 7. The molecular weight excluding hydrogens is 494 g/mol. The van der Waals surface area contributed by atoms with Gasteiger partial charge >= 0.3 is 5.97 Å². The molecule has 1 fully saturated rings. The highest BCUT2D eigenvalue weighted by molar-refractivity contribution is 7.99. The molecule has 1 amide bonds. The predicted octanol–water partition coefficient (Wildman–Crippen LogP) is 3.73. The molecule has 1 aromatic heterocycles. The molecule has 0 saturated carbocycles. The Morgan fingerprint density at radius 1 is 1.05 bits per heavy atom. The maximum atomic E-state index is 11.8. The summed E-state index contributed by atoms with van der Waals surface area (Å²) in [6.45, 7) is 0.306. The first-order chi connectivity index (χ1) is 17.9. The predicted molar refractivity (Wildman–Crippen MR) is 138 cm³/mol. The van der Waals surface area contributed by atoms with E-state index in [0.29, 0.717) is 13.0 Å². The van der Waals surface area contributed by atoms with Crippen molar-refractivity contribution in [3.63, 3.8) is 0 Å². The number of aliphatic carboxylic acids is 1. The summed E-state index contributed by atoms with van der Waals surface area (Å²) in [5.74, 6) is -0.573. The number of hydrogen-bond donors (Lipinski definition) is 3. The van der Waals surface area contributed by atoms with Crippen LogP contribution in [0.25, 0.3) is 0 Å². The highest BCUT2D eigenvalue weighted by atomic mass is 32.2. The Hall–Kier alpha value is -3.18. The van der Waals surface area contributed by atoms with Crippen molar-refractivity contribution >= 4 is 23.6 Å². The highest BCUT2D eigenvalue weighted by Crippen LogP contribution is 2.39. The number of nitrogens with one attached hydrogen (secondary N) is 1. The third-order valence-corrected chi connectivity index (χ3v) is 7.29. The van der Waals surface area contributed by atoms with Gasteiger partial charge in [0.1, 0.15) is 0 Å². The van der Waals surface area contributed by atoms with E-state index in [2.05, 4.69) is 10.3 Å². The fourth-order valence-electron chi connectivity index (χ4n) is 3.98. The number of carboxylic acid groups (broad SMARTS) is 1. The molecule has 2 aromatic carbocycles. The second kappa shape index (κ2) is 12.9. The quantitative estimate of drug-likeness (QED) is 0.324. The molecule has 0 bridgehead atoms. The van der Waals surface area contributed by atoms with Crippen LogP contribution in [0.3, 0.4) is 0 Å². The van der Waals surface area contributed by atoms with E-state index in [9.17, 15) is 14.7 Å². The fourth-order valence-corrected chi connectivity index (χ4v) is 4.93. The average molecular weight is 526 g/mol. The summed E-state index contributed by atoms with van der Waals surface area (Å²) < 4.78 is 14.7. The van der Waals surface area contributed by atoms with Gasteiger partial charge in [0.2, 0.25) is 5.91 Å². The number of amides is 1. The van der Waals surface area contributed by atoms with Gasteiger partial charge in [0, 0.05) is 50.1 Å². The molecule has 4 rings (SSSR count). The van der Waals surface area contributed by atoms with Crippen molar-refractivity contribution in [1.82, 2.24) is 14.9 Å². The van der Waals surface area contributed by atoms with Gasteiger partial charge in [0.25, 0.3) is 0 Å². The second-order valence-corrected chi connectivity index (χ2v) is 9.88. The highest BCUT2D eigenvalue weighted by Gasteiger charge is 2.32. The number of carbonyl (C=O) groups is 2. The van der Waals surface area contributed by atoms with E-state index >= 15 is 0 Å². The number of aromatic nitrogens is 2. The molecule has 10 heteroatoms. The first kappa shape index (κ1) is 26.9. The third kappa shape index (κ3) is 7.65. The van der Waals surface area contributed by atoms with Gasteiger partial charge in [-0.05, 0) is 16.7 Å². The third-order valence-electron chi connectivity index (χ3n) is 6.10. The number of aryl methyl sites for hydroxylation is 1. The molecule has 0 aliphatic carbocycles. The topological polar surface area (TPSA) is 123 Å². The van der Waals surface area contributed by atoms with Gasteiger partial charge in [0.05, 0.1) is 25.2 Å². The lowest BCUT2D eigenvalue weighted by Gasteiger charge is -2.36. The molecule has 2 heterocycles. The van der Waals surface area contributed by atoms with Gasteiger partial charge in [-0.2, -0.15) is 0 Å². The van der Waals surface area contributed by atoms with E-state index < -0.39 is 12.3 Å². The lowest BCUT2D eigenvalue weighted by atomic mass is 10.0. The Labute approximate surface area is 219 Å². The lowest BCUT2D eigenvalue weighted by molar-refractivity contribution is -0.245. The summed E-state index contributed by atoms with van der Waals surface area (Å²) in [6, 6.07) is 15.4. The summed E-state index contributed by atoms with van der Waals surface area (Å²) in [5, 5.41) is 21.8. The normalized spacial score (nSPS) is 19.5. The van der Waals surface area contributed by atoms with Gasteiger partial charge in [0.15, 0.2) is 11.4 Å². The number of benzene rings is 2. The van der Waals surface area contributed by atoms with Crippen LogP contribution in [0.5, 0.6) is 0 Å². The Balaban J connectivity index is 1.43. The van der Waals surface area contributed by atoms with E-state index in [1.807, 2.05) is 66.3 Å². The SMILES string of the molecule is Cn1ccnc1SC[C@H]1C[C@@H](c2ccc(CO)cc2)O[C@@H](c2ccc(CNC(=O)CCC(=O)O)cc2)O1. The standard InChI is InChI=1S/C27H31N3O6S/c1-30-13-12-28-27(30)37-17-22-14-23(20-6-4-19(16-31)5-7-20)36-26(35-22)21-8-2-18(3-9-21)15-29-24(32)10-11-25(33)34/h2-9,12-13,22-23,26,31H,10-11,14-17H2,1H3,(H,29,32)(H,33,34)/t22-,23+,26+/m1/s1. The second-order valence-electron chi connectivity index (χ2n) is 8.89. The Morgan fingerprint density at radius 3 is 2.41 bits per heavy atom. The summed E-state index contributed by atoms with van der Waals surface area (Å²) in [7, 11) is 1.96. The van der Waals surface area contributed by atoms with Crippen molar-refractivity contribution in [3.8, 4) is 0 Å². The molecule has 0 unspecified atom stereocenters. The zero-order valence-corrected chi connectivity index (χ0v) is 21.4. The van der Waals surface area contributed by atoms with E-state index in [0.717, 1.165) is 33.2 Å². The van der Waals surface area contributed by atoms with Crippen LogP contribution < -0.4 is 5.32 Å². The van der Waals surface area contributed by atoms with Crippen molar-refractivity contribution < 1.29 is 29.3 Å². The Morgan fingerprint density at radius 2 is 1.76 bits per heavy atom. The maximum absolute atomic E-state index is 11.8. The minimum Gasteiger partial charge on any atom is -0.481 e. The largest absolute Gasteiger partial charge is 0.481 e.